The summed E-state index contributed by atoms with van der Waals surface area (Å²) in [6, 6.07) is 6.21. The van der Waals surface area contributed by atoms with Gasteiger partial charge in [0.05, 0.1) is 12.6 Å². The molecule has 0 unspecified atom stereocenters. The summed E-state index contributed by atoms with van der Waals surface area (Å²) in [5.74, 6) is -1.16. The number of aromatic nitrogens is 1. The fraction of sp³-hybridized carbons (Fsp3) is 0.522. The Balaban J connectivity index is 2.34. The predicted molar refractivity (Wildman–Crippen MR) is 117 cm³/mol. The van der Waals surface area contributed by atoms with Crippen LogP contribution in [0, 0.1) is 5.92 Å². The molecular weight excluding hydrogens is 400 g/mol. The number of hydrogen-bond acceptors (Lipinski definition) is 6. The number of nitrogens with zero attached hydrogens (tertiary/aromatic N) is 1. The number of esters is 1. The Bertz CT molecular complexity index is 941. The number of ether oxygens (including phenoxy) is 2. The summed E-state index contributed by atoms with van der Waals surface area (Å²) in [5.41, 5.74) is 0.620. The maximum absolute atomic E-state index is 12.7. The summed E-state index contributed by atoms with van der Waals surface area (Å²) in [5, 5.41) is 13.4. The Hall–Kier alpha value is -2.87. The molecular formula is C23H32N2O6. The van der Waals surface area contributed by atoms with Gasteiger partial charge in [-0.1, -0.05) is 32.0 Å². The highest BCUT2D eigenvalue weighted by atomic mass is 16.6. The summed E-state index contributed by atoms with van der Waals surface area (Å²) >= 11 is 0. The lowest BCUT2D eigenvalue weighted by molar-refractivity contribution is -0.146. The van der Waals surface area contributed by atoms with Gasteiger partial charge in [0.15, 0.2) is 0 Å². The van der Waals surface area contributed by atoms with Crippen molar-refractivity contribution in [2.24, 2.45) is 5.92 Å². The molecule has 8 heteroatoms. The number of aliphatic hydroxyl groups excluding tert-OH is 1. The number of methoxy groups -OCH3 is 1. The Morgan fingerprint density at radius 1 is 1.16 bits per heavy atom. The molecule has 1 amide bonds. The third-order valence-corrected chi connectivity index (χ3v) is 4.61. The first kappa shape index (κ1) is 24.4. The number of rotatable bonds is 7. The van der Waals surface area contributed by atoms with Crippen LogP contribution in [0.15, 0.2) is 30.5 Å². The molecule has 1 aromatic carbocycles. The highest BCUT2D eigenvalue weighted by Crippen LogP contribution is 2.24. The standard InChI is InChI=1S/C23H32N2O6/c1-14(2)11-19(26)20(27)24-17(21(28)30-6)12-15-13-25(22(29)31-23(3,4)5)18-10-8-7-9-16(15)18/h7-10,13-14,17,19,26H,11-12H2,1-6H3,(H,24,27)/t17-,19-/m1/s1. The summed E-state index contributed by atoms with van der Waals surface area (Å²) in [4.78, 5) is 37.4. The average molecular weight is 433 g/mol. The van der Waals surface area contributed by atoms with E-state index in [0.29, 0.717) is 11.1 Å². The summed E-state index contributed by atoms with van der Waals surface area (Å²) in [6.45, 7) is 9.12. The third-order valence-electron chi connectivity index (χ3n) is 4.61. The average Bonchev–Trinajstić information content (AvgIpc) is 3.03. The molecule has 1 heterocycles. The molecule has 170 valence electrons. The lowest BCUT2D eigenvalue weighted by atomic mass is 10.0. The number of amides is 1. The number of benzene rings is 1. The molecule has 0 spiro atoms. The molecule has 2 atom stereocenters. The highest BCUT2D eigenvalue weighted by molar-refractivity contribution is 5.93. The molecule has 2 aromatic rings. The van der Waals surface area contributed by atoms with E-state index in [1.807, 2.05) is 26.0 Å². The van der Waals surface area contributed by atoms with Crippen LogP contribution in [0.25, 0.3) is 10.9 Å². The number of para-hydroxylation sites is 1. The second kappa shape index (κ2) is 9.96. The van der Waals surface area contributed by atoms with Gasteiger partial charge in [0, 0.05) is 18.0 Å². The molecule has 1 aromatic heterocycles. The molecule has 0 aliphatic rings. The second-order valence-corrected chi connectivity index (χ2v) is 8.96. The first-order chi connectivity index (χ1) is 14.4. The van der Waals surface area contributed by atoms with Gasteiger partial charge in [0.2, 0.25) is 5.91 Å². The predicted octanol–water partition coefficient (Wildman–Crippen LogP) is 3.03. The molecule has 0 saturated carbocycles. The maximum atomic E-state index is 12.7. The minimum absolute atomic E-state index is 0.0864. The van der Waals surface area contributed by atoms with E-state index < -0.39 is 35.7 Å². The minimum atomic E-state index is -1.23. The van der Waals surface area contributed by atoms with Crippen LogP contribution in [-0.4, -0.2) is 52.5 Å². The maximum Gasteiger partial charge on any atom is 0.419 e. The molecule has 8 nitrogen and oxygen atoms in total. The molecule has 0 aliphatic heterocycles. The third kappa shape index (κ3) is 6.55. The Morgan fingerprint density at radius 3 is 2.39 bits per heavy atom. The van der Waals surface area contributed by atoms with Crippen molar-refractivity contribution < 1.29 is 29.0 Å². The van der Waals surface area contributed by atoms with Crippen molar-refractivity contribution in [3.05, 3.63) is 36.0 Å². The number of hydrogen-bond donors (Lipinski definition) is 2. The van der Waals surface area contributed by atoms with Crippen LogP contribution in [0.1, 0.15) is 46.6 Å². The van der Waals surface area contributed by atoms with Gasteiger partial charge in [0.1, 0.15) is 17.7 Å². The van der Waals surface area contributed by atoms with E-state index in [0.717, 1.165) is 5.39 Å². The summed E-state index contributed by atoms with van der Waals surface area (Å²) in [6.07, 6.45) is 0.197. The smallest absolute Gasteiger partial charge is 0.419 e. The first-order valence-corrected chi connectivity index (χ1v) is 10.3. The minimum Gasteiger partial charge on any atom is -0.467 e. The van der Waals surface area contributed by atoms with Crippen LogP contribution in [0.3, 0.4) is 0 Å². The van der Waals surface area contributed by atoms with Gasteiger partial charge in [-0.3, -0.25) is 9.36 Å². The Morgan fingerprint density at radius 2 is 1.81 bits per heavy atom. The van der Waals surface area contributed by atoms with E-state index in [1.165, 1.54) is 11.7 Å². The van der Waals surface area contributed by atoms with Crippen LogP contribution in [-0.2, 0) is 25.5 Å². The van der Waals surface area contributed by atoms with Crippen LogP contribution in [0.5, 0.6) is 0 Å². The summed E-state index contributed by atoms with van der Waals surface area (Å²) in [7, 11) is 1.23. The van der Waals surface area contributed by atoms with Gasteiger partial charge in [-0.15, -0.1) is 0 Å². The zero-order chi connectivity index (χ0) is 23.3. The van der Waals surface area contributed by atoms with Crippen LogP contribution >= 0.6 is 0 Å². The van der Waals surface area contributed by atoms with E-state index >= 15 is 0 Å². The van der Waals surface area contributed by atoms with E-state index in [1.54, 1.807) is 39.1 Å². The van der Waals surface area contributed by atoms with Crippen molar-refractivity contribution in [3.8, 4) is 0 Å². The van der Waals surface area contributed by atoms with Crippen molar-refractivity contribution in [1.29, 1.82) is 0 Å². The molecule has 0 fully saturated rings. The zero-order valence-corrected chi connectivity index (χ0v) is 19.0. The van der Waals surface area contributed by atoms with Crippen molar-refractivity contribution in [2.75, 3.05) is 7.11 Å². The summed E-state index contributed by atoms with van der Waals surface area (Å²) < 4.78 is 11.7. The molecule has 31 heavy (non-hydrogen) atoms. The first-order valence-electron chi connectivity index (χ1n) is 10.3. The van der Waals surface area contributed by atoms with E-state index in [9.17, 15) is 19.5 Å². The number of fused-ring (bicyclic) bond motifs is 1. The van der Waals surface area contributed by atoms with E-state index in [-0.39, 0.29) is 18.8 Å². The fourth-order valence-electron chi connectivity index (χ4n) is 3.25. The monoisotopic (exact) mass is 432 g/mol. The SMILES string of the molecule is COC(=O)[C@@H](Cc1cn(C(=O)OC(C)(C)C)c2ccccc12)NC(=O)[C@H](O)CC(C)C. The topological polar surface area (TPSA) is 107 Å². The lowest BCUT2D eigenvalue weighted by Crippen LogP contribution is -2.47. The van der Waals surface area contributed by atoms with Crippen molar-refractivity contribution in [1.82, 2.24) is 9.88 Å². The fourth-order valence-corrected chi connectivity index (χ4v) is 3.25. The van der Waals surface area contributed by atoms with Gasteiger partial charge in [0.25, 0.3) is 0 Å². The normalized spacial score (nSPS) is 13.7. The van der Waals surface area contributed by atoms with Crippen molar-refractivity contribution >= 4 is 28.9 Å². The highest BCUT2D eigenvalue weighted by Gasteiger charge is 2.28. The molecule has 0 aliphatic carbocycles. The molecule has 0 bridgehead atoms. The number of nitrogens with one attached hydrogen (secondary N) is 1. The Labute approximate surface area is 182 Å². The quantitative estimate of drug-likeness (QED) is 0.652. The molecule has 0 radical (unpaired) electrons. The molecule has 0 saturated heterocycles. The number of aliphatic hydroxyl groups is 1. The van der Waals surface area contributed by atoms with Crippen LogP contribution in [0.2, 0.25) is 0 Å². The van der Waals surface area contributed by atoms with Crippen LogP contribution < -0.4 is 5.32 Å². The van der Waals surface area contributed by atoms with Crippen molar-refractivity contribution in [3.63, 3.8) is 0 Å². The number of carbonyl (C=O) groups is 3. The molecule has 2 rings (SSSR count). The van der Waals surface area contributed by atoms with Crippen molar-refractivity contribution in [2.45, 2.75) is 65.2 Å². The van der Waals surface area contributed by atoms with Gasteiger partial charge in [-0.2, -0.15) is 0 Å². The van der Waals surface area contributed by atoms with Crippen LogP contribution in [0.4, 0.5) is 4.79 Å². The van der Waals surface area contributed by atoms with Gasteiger partial charge in [-0.05, 0) is 44.7 Å². The lowest BCUT2D eigenvalue weighted by Gasteiger charge is -2.20. The van der Waals surface area contributed by atoms with Gasteiger partial charge in [-0.25, -0.2) is 9.59 Å². The largest absolute Gasteiger partial charge is 0.467 e. The number of carbonyl (C=O) groups excluding carboxylic acids is 3. The Kier molecular flexibility index (Phi) is 7.84. The van der Waals surface area contributed by atoms with E-state index in [4.69, 9.17) is 9.47 Å². The van der Waals surface area contributed by atoms with Gasteiger partial charge >= 0.3 is 12.1 Å². The van der Waals surface area contributed by atoms with E-state index in [2.05, 4.69) is 5.32 Å². The zero-order valence-electron chi connectivity index (χ0n) is 19.0. The van der Waals surface area contributed by atoms with Gasteiger partial charge < -0.3 is 19.9 Å². The molecule has 2 N–H and O–H groups in total. The second-order valence-electron chi connectivity index (χ2n) is 8.96.